The molecule has 0 saturated heterocycles. The van der Waals surface area contributed by atoms with Crippen molar-refractivity contribution in [3.63, 3.8) is 0 Å². The van der Waals surface area contributed by atoms with Crippen molar-refractivity contribution in [1.29, 1.82) is 0 Å². The normalized spacial score (nSPS) is 23.1. The van der Waals surface area contributed by atoms with Crippen LogP contribution in [0.25, 0.3) is 16.7 Å². The second-order valence-corrected chi connectivity index (χ2v) is 12.8. The van der Waals surface area contributed by atoms with Crippen molar-refractivity contribution >= 4 is 16.7 Å². The Morgan fingerprint density at radius 3 is 2.53 bits per heavy atom. The Bertz CT molecular complexity index is 2140. The van der Waals surface area contributed by atoms with Gasteiger partial charge >= 0.3 is 0 Å². The molecule has 2 atom stereocenters. The van der Waals surface area contributed by atoms with E-state index in [9.17, 15) is 0 Å². The second-order valence-electron chi connectivity index (χ2n) is 12.8. The smallest absolute Gasteiger partial charge is 0.128 e. The Morgan fingerprint density at radius 1 is 0.800 bits per heavy atom. The highest BCUT2D eigenvalue weighted by atomic mass is 16.5. The average Bonchev–Trinajstić information content (AvgIpc) is 3.66. The van der Waals surface area contributed by atoms with Crippen LogP contribution in [0.1, 0.15) is 46.6 Å². The van der Waals surface area contributed by atoms with Crippen molar-refractivity contribution in [3.8, 4) is 11.5 Å². The Morgan fingerprint density at radius 2 is 1.67 bits per heavy atom. The summed E-state index contributed by atoms with van der Waals surface area (Å²) in [5.74, 6) is 3.03. The number of methoxy groups -OCH3 is 2. The van der Waals surface area contributed by atoms with Crippen LogP contribution in [0.2, 0.25) is 0 Å². The molecule has 3 nitrogen and oxygen atoms in total. The quantitative estimate of drug-likeness (QED) is 0.307. The molecule has 0 spiro atoms. The fourth-order valence-electron chi connectivity index (χ4n) is 9.07. The number of allylic oxidation sites excluding steroid dienone is 14. The molecule has 1 aliphatic heterocycles. The Labute approximate surface area is 263 Å². The number of hydrogen-bond acceptors (Lipinski definition) is 3. The molecule has 1 heterocycles. The Balaban J connectivity index is 1.34. The van der Waals surface area contributed by atoms with Gasteiger partial charge in [-0.3, -0.25) is 0 Å². The summed E-state index contributed by atoms with van der Waals surface area (Å²) < 4.78 is 17.9. The minimum Gasteiger partial charge on any atom is -0.497 e. The molecule has 45 heavy (non-hydrogen) atoms. The summed E-state index contributed by atoms with van der Waals surface area (Å²) in [4.78, 5) is 0. The zero-order chi connectivity index (χ0) is 29.8. The molecule has 0 saturated carbocycles. The lowest BCUT2D eigenvalue weighted by Crippen LogP contribution is -2.27. The third-order valence-electron chi connectivity index (χ3n) is 10.8. The maximum absolute atomic E-state index is 6.24. The van der Waals surface area contributed by atoms with E-state index in [1.807, 2.05) is 0 Å². The van der Waals surface area contributed by atoms with E-state index in [-0.39, 0.29) is 11.8 Å². The third-order valence-corrected chi connectivity index (χ3v) is 10.8. The zero-order valence-corrected chi connectivity index (χ0v) is 25.4. The lowest BCUT2D eigenvalue weighted by Gasteiger charge is -2.43. The fourth-order valence-corrected chi connectivity index (χ4v) is 9.07. The van der Waals surface area contributed by atoms with Gasteiger partial charge in [-0.05, 0) is 128 Å². The van der Waals surface area contributed by atoms with Gasteiger partial charge in [-0.1, -0.05) is 66.3 Å². The molecule has 3 heteroatoms. The molecule has 0 radical (unpaired) electrons. The highest BCUT2D eigenvalue weighted by Crippen LogP contribution is 2.66. The third kappa shape index (κ3) is 3.31. The maximum Gasteiger partial charge on any atom is 0.128 e. The molecule has 3 aromatic carbocycles. The van der Waals surface area contributed by atoms with E-state index >= 15 is 0 Å². The van der Waals surface area contributed by atoms with E-state index < -0.39 is 0 Å². The van der Waals surface area contributed by atoms with Crippen molar-refractivity contribution < 1.29 is 14.2 Å². The fraction of sp³-hybridized carbons (Fsp3) is 0.190. The van der Waals surface area contributed by atoms with E-state index in [0.717, 1.165) is 36.5 Å². The standard InChI is InChI=1S/C42H32O3/c1-43-25-16-14-23(15-17-25)32-21-26(44-2)22-34-33-20-24-8-3-4-9-27(24)37(33)40-29-11-6-5-10-28(29)38-31-18-19-45-35-13-7-12-30(36(31)35)41(38)42(40)39(32)34/h3-5,7-10,12-18,21-22,32,40H,6,11,19-20H2,1-2H3. The van der Waals surface area contributed by atoms with Crippen molar-refractivity contribution in [2.24, 2.45) is 5.92 Å². The largest absolute Gasteiger partial charge is 0.497 e. The number of rotatable bonds is 3. The maximum atomic E-state index is 6.24. The van der Waals surface area contributed by atoms with Crippen LogP contribution >= 0.6 is 0 Å². The van der Waals surface area contributed by atoms with E-state index in [1.165, 1.54) is 78.0 Å². The van der Waals surface area contributed by atoms with Gasteiger partial charge in [-0.25, -0.2) is 0 Å². The van der Waals surface area contributed by atoms with Crippen molar-refractivity contribution in [1.82, 2.24) is 0 Å². The summed E-state index contributed by atoms with van der Waals surface area (Å²) in [6.45, 7) is 0.604. The lowest BCUT2D eigenvalue weighted by molar-refractivity contribution is 0.303. The van der Waals surface area contributed by atoms with Crippen LogP contribution in [-0.2, 0) is 11.2 Å². The Kier molecular flexibility index (Phi) is 5.20. The van der Waals surface area contributed by atoms with Crippen LogP contribution in [-0.4, -0.2) is 20.8 Å². The topological polar surface area (TPSA) is 27.7 Å². The van der Waals surface area contributed by atoms with Crippen molar-refractivity contribution in [2.45, 2.75) is 25.2 Å². The molecule has 0 bridgehead atoms. The zero-order valence-electron chi connectivity index (χ0n) is 25.4. The molecule has 218 valence electrons. The molecule has 2 unspecified atom stereocenters. The monoisotopic (exact) mass is 584 g/mol. The highest BCUT2D eigenvalue weighted by Gasteiger charge is 2.49. The van der Waals surface area contributed by atoms with Gasteiger partial charge in [0.2, 0.25) is 0 Å². The summed E-state index contributed by atoms with van der Waals surface area (Å²) in [6.07, 6.45) is 14.8. The molecule has 10 rings (SSSR count). The van der Waals surface area contributed by atoms with Crippen molar-refractivity contribution in [2.75, 3.05) is 20.8 Å². The van der Waals surface area contributed by atoms with Gasteiger partial charge in [0.15, 0.2) is 0 Å². The summed E-state index contributed by atoms with van der Waals surface area (Å²) in [5, 5.41) is 0. The Hall–Kier alpha value is -5.02. The minimum atomic E-state index is 0.0391. The molecule has 7 aliphatic rings. The van der Waals surface area contributed by atoms with E-state index in [1.54, 1.807) is 19.8 Å². The van der Waals surface area contributed by atoms with E-state index in [0.29, 0.717) is 6.61 Å². The first-order valence-electron chi connectivity index (χ1n) is 16.0. The van der Waals surface area contributed by atoms with Crippen LogP contribution in [0.5, 0.6) is 11.5 Å². The predicted molar refractivity (Wildman–Crippen MR) is 179 cm³/mol. The number of benzene rings is 3. The van der Waals surface area contributed by atoms with Crippen LogP contribution in [0.3, 0.4) is 0 Å². The average molecular weight is 585 g/mol. The summed E-state index contributed by atoms with van der Waals surface area (Å²) in [5.41, 5.74) is 20.9. The summed E-state index contributed by atoms with van der Waals surface area (Å²) in [7, 11) is 3.53. The molecule has 0 N–H and O–H groups in total. The van der Waals surface area contributed by atoms with Gasteiger partial charge < -0.3 is 14.2 Å². The van der Waals surface area contributed by atoms with Gasteiger partial charge in [-0.15, -0.1) is 0 Å². The number of hydrogen-bond donors (Lipinski definition) is 0. The van der Waals surface area contributed by atoms with Gasteiger partial charge in [0.25, 0.3) is 0 Å². The minimum absolute atomic E-state index is 0.0391. The molecule has 6 aliphatic carbocycles. The van der Waals surface area contributed by atoms with Gasteiger partial charge in [0.1, 0.15) is 23.9 Å². The van der Waals surface area contributed by atoms with Gasteiger partial charge in [-0.2, -0.15) is 0 Å². The highest BCUT2D eigenvalue weighted by molar-refractivity contribution is 6.14. The summed E-state index contributed by atoms with van der Waals surface area (Å²) >= 11 is 0. The second kappa shape index (κ2) is 9.25. The first-order valence-corrected chi connectivity index (χ1v) is 16.0. The number of fused-ring (bicyclic) bond motifs is 11. The first-order chi connectivity index (χ1) is 22.2. The molecule has 0 fully saturated rings. The molecular formula is C42H32O3. The lowest BCUT2D eigenvalue weighted by atomic mass is 9.60. The molecular weight excluding hydrogens is 552 g/mol. The summed E-state index contributed by atoms with van der Waals surface area (Å²) in [6, 6.07) is 24.4. The predicted octanol–water partition coefficient (Wildman–Crippen LogP) is 9.09. The molecule has 0 aromatic heterocycles. The van der Waals surface area contributed by atoms with Crippen LogP contribution in [0, 0.1) is 5.92 Å². The molecule has 0 amide bonds. The SMILES string of the molecule is COC1=CC(c2ccc(OC)cc2)C2=C3C4=C(C5=CCOc6cccc4c65)C4=C(CCC=C4)C3C3=C(Cc4ccccc43)C2=C1. The van der Waals surface area contributed by atoms with Crippen LogP contribution in [0.15, 0.2) is 142 Å². The van der Waals surface area contributed by atoms with Crippen LogP contribution in [0.4, 0.5) is 0 Å². The van der Waals surface area contributed by atoms with Crippen molar-refractivity contribution in [3.05, 3.63) is 170 Å². The van der Waals surface area contributed by atoms with Gasteiger partial charge in [0.05, 0.1) is 14.2 Å². The first kappa shape index (κ1) is 25.3. The van der Waals surface area contributed by atoms with E-state index in [4.69, 9.17) is 14.2 Å². The number of ether oxygens (including phenoxy) is 3. The van der Waals surface area contributed by atoms with Gasteiger partial charge in [0, 0.05) is 17.4 Å². The van der Waals surface area contributed by atoms with Crippen LogP contribution < -0.4 is 9.47 Å². The van der Waals surface area contributed by atoms with E-state index in [2.05, 4.69) is 97.1 Å². The molecule has 3 aromatic rings.